The number of terminal acetylenes is 1. The zero-order valence-electron chi connectivity index (χ0n) is 24.1. The van der Waals surface area contributed by atoms with Crippen LogP contribution in [-0.2, 0) is 22.6 Å². The fraction of sp³-hybridized carbons (Fsp3) is 0.424. The number of likely N-dealkylation sites (N-methyl/N-ethyl adjacent to an activating group) is 1. The van der Waals surface area contributed by atoms with Crippen LogP contribution >= 0.6 is 0 Å². The number of unbranched alkanes of at least 4 members (excludes halogenated alkanes) is 3. The van der Waals surface area contributed by atoms with Crippen molar-refractivity contribution in [2.24, 2.45) is 0 Å². The molecule has 0 aliphatic carbocycles. The van der Waals surface area contributed by atoms with Crippen molar-refractivity contribution in [3.63, 3.8) is 0 Å². The van der Waals surface area contributed by atoms with Gasteiger partial charge in [0, 0.05) is 51.5 Å². The third kappa shape index (κ3) is 7.90. The van der Waals surface area contributed by atoms with Crippen LogP contribution in [0.2, 0.25) is 0 Å². The largest absolute Gasteiger partial charge is 0.340 e. The number of urea groups is 1. The number of carbonyl (C=O) groups is 3. The molecule has 2 aromatic carbocycles. The van der Waals surface area contributed by atoms with E-state index in [0.29, 0.717) is 19.4 Å². The lowest BCUT2D eigenvalue weighted by atomic mass is 9.98. The van der Waals surface area contributed by atoms with E-state index in [1.54, 1.807) is 19.0 Å². The summed E-state index contributed by atoms with van der Waals surface area (Å²) in [5.41, 5.74) is 3.91. The lowest BCUT2D eigenvalue weighted by Gasteiger charge is -2.30. The maximum absolute atomic E-state index is 13.6. The molecule has 3 rings (SSSR count). The molecule has 40 heavy (non-hydrogen) atoms. The van der Waals surface area contributed by atoms with E-state index in [4.69, 9.17) is 6.42 Å². The summed E-state index contributed by atoms with van der Waals surface area (Å²) < 4.78 is 0. The van der Waals surface area contributed by atoms with Gasteiger partial charge in [0.15, 0.2) is 0 Å². The standard InChI is InChI=1S/C33H40N4O3/c1-6-8-10-11-20-37-25(3)21-31(38)35(5)30(32(37)39)23-26-15-17-28(18-16-26)29-14-12-13-27(22-29)24-36(19-9-7-2)33(40)34-4/h2,12-18,22,25,30H,6,8,10-11,20-21,23-24H2,1,3-5H3,(H,34,40). The molecule has 1 aliphatic rings. The Bertz CT molecular complexity index is 1290. The summed E-state index contributed by atoms with van der Waals surface area (Å²) in [6, 6.07) is 17.7. The number of hydrogen-bond donors (Lipinski definition) is 1. The molecule has 210 valence electrons. The van der Waals surface area contributed by atoms with Gasteiger partial charge in [-0.2, -0.15) is 0 Å². The van der Waals surface area contributed by atoms with Gasteiger partial charge in [-0.05, 0) is 47.6 Å². The smallest absolute Gasteiger partial charge is 0.329 e. The molecule has 0 radical (unpaired) electrons. The Morgan fingerprint density at radius 3 is 2.50 bits per heavy atom. The first-order valence-electron chi connectivity index (χ1n) is 14.0. The summed E-state index contributed by atoms with van der Waals surface area (Å²) >= 11 is 0. The summed E-state index contributed by atoms with van der Waals surface area (Å²) in [6.45, 7) is 5.13. The Balaban J connectivity index is 1.75. The quantitative estimate of drug-likeness (QED) is 0.271. The Morgan fingerprint density at radius 1 is 1.07 bits per heavy atom. The van der Waals surface area contributed by atoms with Crippen LogP contribution in [0, 0.1) is 24.3 Å². The van der Waals surface area contributed by atoms with E-state index < -0.39 is 6.04 Å². The van der Waals surface area contributed by atoms with Gasteiger partial charge < -0.3 is 15.1 Å². The van der Waals surface area contributed by atoms with Gasteiger partial charge in [-0.3, -0.25) is 9.59 Å². The van der Waals surface area contributed by atoms with E-state index in [1.165, 1.54) is 4.90 Å². The molecule has 0 aromatic heterocycles. The summed E-state index contributed by atoms with van der Waals surface area (Å²) in [6.07, 6.45) is 10.4. The van der Waals surface area contributed by atoms with Crippen molar-refractivity contribution in [2.45, 2.75) is 71.0 Å². The molecule has 1 aliphatic heterocycles. The van der Waals surface area contributed by atoms with E-state index in [9.17, 15) is 14.4 Å². The number of amides is 4. The van der Waals surface area contributed by atoms with Gasteiger partial charge >= 0.3 is 6.03 Å². The molecular weight excluding hydrogens is 500 g/mol. The second-order valence-electron chi connectivity index (χ2n) is 10.3. The predicted molar refractivity (Wildman–Crippen MR) is 159 cm³/mol. The van der Waals surface area contributed by atoms with Crippen LogP contribution in [0.1, 0.15) is 57.1 Å². The molecule has 4 amide bonds. The molecule has 0 bridgehead atoms. The van der Waals surface area contributed by atoms with Gasteiger partial charge in [-0.25, -0.2) is 9.69 Å². The molecule has 2 unspecified atom stereocenters. The SMILES string of the molecule is C#CC#CN(Cc1cccc(-c2ccc(CC3C(=O)N(CCCCCC)C(C)CC(=O)N3C)cc2)c1)C(=O)NC. The first-order chi connectivity index (χ1) is 19.3. The third-order valence-corrected chi connectivity index (χ3v) is 7.39. The molecule has 1 N–H and O–H groups in total. The van der Waals surface area contributed by atoms with Gasteiger partial charge in [0.2, 0.25) is 11.8 Å². The van der Waals surface area contributed by atoms with Crippen LogP contribution in [0.25, 0.3) is 11.1 Å². The van der Waals surface area contributed by atoms with Crippen molar-refractivity contribution in [2.75, 3.05) is 20.6 Å². The second-order valence-corrected chi connectivity index (χ2v) is 10.3. The highest BCUT2D eigenvalue weighted by atomic mass is 16.2. The molecule has 7 heteroatoms. The summed E-state index contributed by atoms with van der Waals surface area (Å²) in [7, 11) is 3.29. The number of hydrogen-bond acceptors (Lipinski definition) is 3. The maximum Gasteiger partial charge on any atom is 0.329 e. The first-order valence-corrected chi connectivity index (χ1v) is 14.0. The number of rotatable bonds is 10. The van der Waals surface area contributed by atoms with Gasteiger partial charge in [0.05, 0.1) is 6.54 Å². The number of nitrogens with one attached hydrogen (secondary N) is 1. The third-order valence-electron chi connectivity index (χ3n) is 7.39. The molecule has 0 spiro atoms. The van der Waals surface area contributed by atoms with E-state index in [0.717, 1.165) is 47.9 Å². The summed E-state index contributed by atoms with van der Waals surface area (Å²) in [5, 5.41) is 2.58. The van der Waals surface area contributed by atoms with Crippen molar-refractivity contribution in [3.05, 3.63) is 59.7 Å². The maximum atomic E-state index is 13.6. The molecule has 2 aromatic rings. The minimum atomic E-state index is -0.516. The lowest BCUT2D eigenvalue weighted by Crippen LogP contribution is -2.48. The summed E-state index contributed by atoms with van der Waals surface area (Å²) in [4.78, 5) is 43.5. The van der Waals surface area contributed by atoms with Crippen LogP contribution < -0.4 is 5.32 Å². The Hall–Kier alpha value is -4.23. The van der Waals surface area contributed by atoms with Crippen LogP contribution in [0.5, 0.6) is 0 Å². The average Bonchev–Trinajstić information content (AvgIpc) is 3.03. The number of carbonyl (C=O) groups excluding carboxylic acids is 3. The zero-order valence-corrected chi connectivity index (χ0v) is 24.1. The number of nitrogens with zero attached hydrogens (tertiary/aromatic N) is 3. The van der Waals surface area contributed by atoms with E-state index in [2.05, 4.69) is 30.1 Å². The van der Waals surface area contributed by atoms with Crippen LogP contribution in [0.3, 0.4) is 0 Å². The van der Waals surface area contributed by atoms with Gasteiger partial charge in [0.25, 0.3) is 0 Å². The van der Waals surface area contributed by atoms with E-state index >= 15 is 0 Å². The second kappa shape index (κ2) is 14.8. The topological polar surface area (TPSA) is 73.0 Å². The highest BCUT2D eigenvalue weighted by Gasteiger charge is 2.37. The average molecular weight is 541 g/mol. The molecule has 2 atom stereocenters. The lowest BCUT2D eigenvalue weighted by molar-refractivity contribution is -0.140. The molecule has 0 saturated carbocycles. The van der Waals surface area contributed by atoms with Crippen molar-refractivity contribution in [1.82, 2.24) is 20.0 Å². The Kier molecular flexibility index (Phi) is 11.2. The Morgan fingerprint density at radius 2 is 1.82 bits per heavy atom. The van der Waals surface area contributed by atoms with Crippen molar-refractivity contribution in [3.8, 4) is 35.4 Å². The van der Waals surface area contributed by atoms with Crippen LogP contribution in [-0.4, -0.2) is 65.3 Å². The van der Waals surface area contributed by atoms with Crippen molar-refractivity contribution >= 4 is 17.8 Å². The Labute approximate surface area is 238 Å². The first kappa shape index (κ1) is 30.3. The van der Waals surface area contributed by atoms with Crippen molar-refractivity contribution < 1.29 is 14.4 Å². The normalized spacial score (nSPS) is 17.0. The van der Waals surface area contributed by atoms with Gasteiger partial charge in [-0.15, -0.1) is 6.42 Å². The molecule has 1 saturated heterocycles. The molecule has 7 nitrogen and oxygen atoms in total. The summed E-state index contributed by atoms with van der Waals surface area (Å²) in [5.74, 6) is 4.77. The fourth-order valence-electron chi connectivity index (χ4n) is 5.00. The minimum Gasteiger partial charge on any atom is -0.340 e. The van der Waals surface area contributed by atoms with E-state index in [-0.39, 0.29) is 30.4 Å². The highest BCUT2D eigenvalue weighted by molar-refractivity contribution is 5.90. The zero-order chi connectivity index (χ0) is 29.1. The van der Waals surface area contributed by atoms with Crippen molar-refractivity contribution in [1.29, 1.82) is 0 Å². The molecule has 1 fully saturated rings. The monoisotopic (exact) mass is 540 g/mol. The minimum absolute atomic E-state index is 0.00748. The van der Waals surface area contributed by atoms with E-state index in [1.807, 2.05) is 60.4 Å². The van der Waals surface area contributed by atoms with Crippen LogP contribution in [0.4, 0.5) is 4.79 Å². The fourth-order valence-corrected chi connectivity index (χ4v) is 5.00. The molecule has 1 heterocycles. The number of benzene rings is 2. The van der Waals surface area contributed by atoms with Gasteiger partial charge in [-0.1, -0.05) is 68.7 Å². The predicted octanol–water partition coefficient (Wildman–Crippen LogP) is 4.66. The van der Waals surface area contributed by atoms with Crippen LogP contribution in [0.15, 0.2) is 48.5 Å². The molecular formula is C33H40N4O3. The van der Waals surface area contributed by atoms with Gasteiger partial charge in [0.1, 0.15) is 6.04 Å². The highest BCUT2D eigenvalue weighted by Crippen LogP contribution is 2.24.